The summed E-state index contributed by atoms with van der Waals surface area (Å²) in [6.07, 6.45) is 1.28. The molecule has 1 N–H and O–H groups in total. The van der Waals surface area contributed by atoms with E-state index in [2.05, 4.69) is 13.8 Å². The molecule has 0 spiro atoms. The zero-order chi connectivity index (χ0) is 13.5. The van der Waals surface area contributed by atoms with Gasteiger partial charge in [0.15, 0.2) is 0 Å². The normalized spacial score (nSPS) is 30.9. The highest BCUT2D eigenvalue weighted by atomic mass is 16.6. The van der Waals surface area contributed by atoms with Crippen LogP contribution in [0.3, 0.4) is 0 Å². The molecule has 3 atom stereocenters. The minimum atomic E-state index is -0.360. The lowest BCUT2D eigenvalue weighted by Crippen LogP contribution is -2.49. The van der Waals surface area contributed by atoms with Crippen LogP contribution in [0.15, 0.2) is 18.2 Å². The Morgan fingerprint density at radius 2 is 2.22 bits per heavy atom. The predicted octanol–water partition coefficient (Wildman–Crippen LogP) is 3.17. The Bertz CT molecular complexity index is 486. The van der Waals surface area contributed by atoms with Crippen molar-refractivity contribution in [2.75, 3.05) is 0 Å². The summed E-state index contributed by atoms with van der Waals surface area (Å²) in [5.74, 6) is 0.220. The molecule has 0 radical (unpaired) electrons. The number of nitro benzene ring substituents is 1. The number of aliphatic hydroxyl groups excluding tert-OH is 1. The molecule has 0 aromatic heterocycles. The van der Waals surface area contributed by atoms with Crippen LogP contribution < -0.4 is 0 Å². The zero-order valence-corrected chi connectivity index (χ0v) is 11.0. The summed E-state index contributed by atoms with van der Waals surface area (Å²) in [6.45, 7) is 6.09. The number of rotatable bonds is 3. The number of aryl methyl sites for hydroxylation is 1. The predicted molar refractivity (Wildman–Crippen MR) is 69.6 cm³/mol. The summed E-state index contributed by atoms with van der Waals surface area (Å²) in [5, 5.41) is 20.8. The van der Waals surface area contributed by atoms with Gasteiger partial charge in [0.2, 0.25) is 0 Å². The average molecular weight is 249 g/mol. The van der Waals surface area contributed by atoms with Gasteiger partial charge in [-0.05, 0) is 36.8 Å². The second kappa shape index (κ2) is 4.35. The lowest BCUT2D eigenvalue weighted by atomic mass is 9.55. The minimum absolute atomic E-state index is 0.135. The Morgan fingerprint density at radius 1 is 1.56 bits per heavy atom. The smallest absolute Gasteiger partial charge is 0.269 e. The third-order valence-corrected chi connectivity index (χ3v) is 4.63. The maximum Gasteiger partial charge on any atom is 0.269 e. The molecule has 18 heavy (non-hydrogen) atoms. The summed E-state index contributed by atoms with van der Waals surface area (Å²) in [4.78, 5) is 10.5. The van der Waals surface area contributed by atoms with Crippen LogP contribution in [0.25, 0.3) is 0 Å². The van der Waals surface area contributed by atoms with Crippen molar-refractivity contribution in [2.24, 2.45) is 5.41 Å². The van der Waals surface area contributed by atoms with Crippen LogP contribution in [-0.2, 0) is 0 Å². The lowest BCUT2D eigenvalue weighted by Gasteiger charge is -2.52. The molecule has 98 valence electrons. The molecule has 2 rings (SSSR count). The summed E-state index contributed by atoms with van der Waals surface area (Å²) in [5.41, 5.74) is 2.06. The van der Waals surface area contributed by atoms with Crippen molar-refractivity contribution in [3.05, 3.63) is 39.4 Å². The standard InChI is InChI=1S/C14H19NO3/c1-4-14(3)12(8-13(14)16)11-7-10(15(17)18)6-5-9(11)2/h5-7,12-13,16H,4,8H2,1-3H3. The van der Waals surface area contributed by atoms with Gasteiger partial charge in [0.05, 0.1) is 11.0 Å². The maximum atomic E-state index is 10.8. The van der Waals surface area contributed by atoms with Gasteiger partial charge in [-0.2, -0.15) is 0 Å². The molecule has 1 aliphatic carbocycles. The number of hydrogen-bond acceptors (Lipinski definition) is 3. The van der Waals surface area contributed by atoms with Gasteiger partial charge in [0.1, 0.15) is 0 Å². The molecule has 1 aliphatic rings. The first kappa shape index (κ1) is 13.0. The van der Waals surface area contributed by atoms with Crippen LogP contribution in [0.4, 0.5) is 5.69 Å². The molecule has 0 heterocycles. The average Bonchev–Trinajstić information content (AvgIpc) is 2.35. The number of nitro groups is 1. The second-order valence-electron chi connectivity index (χ2n) is 5.46. The molecular weight excluding hydrogens is 230 g/mol. The largest absolute Gasteiger partial charge is 0.393 e. The number of benzene rings is 1. The van der Waals surface area contributed by atoms with E-state index in [-0.39, 0.29) is 28.0 Å². The Balaban J connectivity index is 2.40. The molecule has 0 aliphatic heterocycles. The van der Waals surface area contributed by atoms with Crippen LogP contribution in [0, 0.1) is 22.5 Å². The van der Waals surface area contributed by atoms with Crippen LogP contribution in [0.5, 0.6) is 0 Å². The first-order chi connectivity index (χ1) is 8.40. The van der Waals surface area contributed by atoms with Crippen LogP contribution in [0.2, 0.25) is 0 Å². The van der Waals surface area contributed by atoms with Gasteiger partial charge < -0.3 is 5.11 Å². The van der Waals surface area contributed by atoms with Crippen LogP contribution in [0.1, 0.15) is 43.7 Å². The van der Waals surface area contributed by atoms with Crippen LogP contribution in [-0.4, -0.2) is 16.1 Å². The summed E-state index contributed by atoms with van der Waals surface area (Å²) in [6, 6.07) is 5.01. The fourth-order valence-corrected chi connectivity index (χ4v) is 2.91. The van der Waals surface area contributed by atoms with Crippen molar-refractivity contribution in [2.45, 2.75) is 45.6 Å². The Labute approximate surface area is 107 Å². The van der Waals surface area contributed by atoms with E-state index >= 15 is 0 Å². The van der Waals surface area contributed by atoms with Gasteiger partial charge in [-0.25, -0.2) is 0 Å². The van der Waals surface area contributed by atoms with Gasteiger partial charge in [-0.1, -0.05) is 19.9 Å². The van der Waals surface area contributed by atoms with Gasteiger partial charge in [-0.3, -0.25) is 10.1 Å². The highest BCUT2D eigenvalue weighted by Gasteiger charge is 2.50. The molecule has 1 aromatic rings. The van der Waals surface area contributed by atoms with E-state index in [9.17, 15) is 15.2 Å². The summed E-state index contributed by atoms with van der Waals surface area (Å²) in [7, 11) is 0. The van der Waals surface area contributed by atoms with E-state index in [1.54, 1.807) is 12.1 Å². The van der Waals surface area contributed by atoms with Crippen molar-refractivity contribution >= 4 is 5.69 Å². The molecule has 1 fully saturated rings. The number of nitrogens with zero attached hydrogens (tertiary/aromatic N) is 1. The van der Waals surface area contributed by atoms with Gasteiger partial charge in [-0.15, -0.1) is 0 Å². The van der Waals surface area contributed by atoms with E-state index < -0.39 is 0 Å². The third kappa shape index (κ3) is 1.81. The highest BCUT2D eigenvalue weighted by Crippen LogP contribution is 2.55. The highest BCUT2D eigenvalue weighted by molar-refractivity contribution is 5.43. The Morgan fingerprint density at radius 3 is 2.72 bits per heavy atom. The van der Waals surface area contributed by atoms with Crippen molar-refractivity contribution in [3.8, 4) is 0 Å². The minimum Gasteiger partial charge on any atom is -0.393 e. The van der Waals surface area contributed by atoms with E-state index in [1.165, 1.54) is 6.07 Å². The van der Waals surface area contributed by atoms with Crippen molar-refractivity contribution < 1.29 is 10.0 Å². The molecule has 0 bridgehead atoms. The second-order valence-corrected chi connectivity index (χ2v) is 5.46. The fourth-order valence-electron chi connectivity index (χ4n) is 2.91. The molecule has 1 aromatic carbocycles. The molecule has 1 saturated carbocycles. The van der Waals surface area contributed by atoms with E-state index in [4.69, 9.17) is 0 Å². The molecule has 0 saturated heterocycles. The number of hydrogen-bond donors (Lipinski definition) is 1. The summed E-state index contributed by atoms with van der Waals surface area (Å²) < 4.78 is 0. The first-order valence-corrected chi connectivity index (χ1v) is 6.33. The zero-order valence-electron chi connectivity index (χ0n) is 11.0. The van der Waals surface area contributed by atoms with Crippen molar-refractivity contribution in [1.82, 2.24) is 0 Å². The SMILES string of the molecule is CCC1(C)C(O)CC1c1cc([N+](=O)[O-])ccc1C. The van der Waals surface area contributed by atoms with Crippen LogP contribution >= 0.6 is 0 Å². The van der Waals surface area contributed by atoms with E-state index in [0.29, 0.717) is 6.42 Å². The maximum absolute atomic E-state index is 10.8. The molecular formula is C14H19NO3. The van der Waals surface area contributed by atoms with Gasteiger partial charge >= 0.3 is 0 Å². The summed E-state index contributed by atoms with van der Waals surface area (Å²) >= 11 is 0. The Hall–Kier alpha value is -1.42. The number of aliphatic hydroxyl groups is 1. The molecule has 3 unspecified atom stereocenters. The van der Waals surface area contributed by atoms with Crippen molar-refractivity contribution in [1.29, 1.82) is 0 Å². The lowest BCUT2D eigenvalue weighted by molar-refractivity contribution is -0.385. The Kier molecular flexibility index (Phi) is 3.15. The quantitative estimate of drug-likeness (QED) is 0.661. The van der Waals surface area contributed by atoms with Gasteiger partial charge in [0, 0.05) is 17.5 Å². The van der Waals surface area contributed by atoms with Gasteiger partial charge in [0.25, 0.3) is 5.69 Å². The van der Waals surface area contributed by atoms with Crippen molar-refractivity contribution in [3.63, 3.8) is 0 Å². The fraction of sp³-hybridized carbons (Fsp3) is 0.571. The van der Waals surface area contributed by atoms with E-state index in [1.807, 2.05) is 6.92 Å². The molecule has 4 nitrogen and oxygen atoms in total. The van der Waals surface area contributed by atoms with E-state index in [0.717, 1.165) is 17.5 Å². The monoisotopic (exact) mass is 249 g/mol. The first-order valence-electron chi connectivity index (χ1n) is 6.33. The number of non-ortho nitro benzene ring substituents is 1. The topological polar surface area (TPSA) is 63.4 Å². The third-order valence-electron chi connectivity index (χ3n) is 4.63. The molecule has 0 amide bonds. The molecule has 4 heteroatoms.